The molecule has 0 saturated carbocycles. The maximum atomic E-state index is 12.5. The Kier molecular flexibility index (Phi) is 8.02. The van der Waals surface area contributed by atoms with E-state index in [9.17, 15) is 14.4 Å². The Morgan fingerprint density at radius 3 is 2.00 bits per heavy atom. The van der Waals surface area contributed by atoms with Gasteiger partial charge >= 0.3 is 12.1 Å². The standard InChI is InChI=1S/C22H39N5O4/c1-22(2,3)31-21(30)27-16-14-24(15-17-27)13-8-23-19(28)18-6-11-26(12-7-18)20(29)25-9-4-5-10-25/h18H,4-17H2,1-3H3,(H,23,28). The monoisotopic (exact) mass is 437 g/mol. The minimum absolute atomic E-state index is 0.00774. The van der Waals surface area contributed by atoms with Gasteiger partial charge in [-0.15, -0.1) is 0 Å². The molecule has 9 nitrogen and oxygen atoms in total. The lowest BCUT2D eigenvalue weighted by molar-refractivity contribution is -0.126. The molecule has 9 heteroatoms. The van der Waals surface area contributed by atoms with E-state index >= 15 is 0 Å². The van der Waals surface area contributed by atoms with Crippen molar-refractivity contribution in [3.8, 4) is 0 Å². The zero-order chi connectivity index (χ0) is 22.4. The number of nitrogens with zero attached hydrogens (tertiary/aromatic N) is 4. The number of carbonyl (C=O) groups excluding carboxylic acids is 3. The fourth-order valence-corrected chi connectivity index (χ4v) is 4.40. The van der Waals surface area contributed by atoms with Gasteiger partial charge in [-0.05, 0) is 46.5 Å². The molecular weight excluding hydrogens is 398 g/mol. The molecular formula is C22H39N5O4. The molecule has 0 radical (unpaired) electrons. The van der Waals surface area contributed by atoms with Gasteiger partial charge in [-0.3, -0.25) is 9.69 Å². The number of hydrogen-bond donors (Lipinski definition) is 1. The van der Waals surface area contributed by atoms with Crippen LogP contribution in [0.5, 0.6) is 0 Å². The molecule has 0 aliphatic carbocycles. The van der Waals surface area contributed by atoms with Crippen molar-refractivity contribution in [1.29, 1.82) is 0 Å². The van der Waals surface area contributed by atoms with Crippen molar-refractivity contribution in [3.63, 3.8) is 0 Å². The Morgan fingerprint density at radius 2 is 1.42 bits per heavy atom. The van der Waals surface area contributed by atoms with Crippen LogP contribution >= 0.6 is 0 Å². The number of ether oxygens (including phenoxy) is 1. The van der Waals surface area contributed by atoms with Gasteiger partial charge in [-0.25, -0.2) is 9.59 Å². The molecule has 0 bridgehead atoms. The molecule has 3 heterocycles. The second-order valence-corrected chi connectivity index (χ2v) is 9.84. The molecule has 3 rings (SSSR count). The average molecular weight is 438 g/mol. The van der Waals surface area contributed by atoms with E-state index in [4.69, 9.17) is 4.74 Å². The molecule has 3 aliphatic rings. The Hall–Kier alpha value is -2.03. The summed E-state index contributed by atoms with van der Waals surface area (Å²) in [6.45, 7) is 12.9. The van der Waals surface area contributed by atoms with Crippen LogP contribution in [0.3, 0.4) is 0 Å². The molecule has 4 amide bonds. The summed E-state index contributed by atoms with van der Waals surface area (Å²) in [5.41, 5.74) is -0.476. The molecule has 0 atom stereocenters. The Bertz CT molecular complexity index is 628. The van der Waals surface area contributed by atoms with Crippen LogP contribution in [0.1, 0.15) is 46.5 Å². The Balaban J connectivity index is 1.29. The predicted octanol–water partition coefficient (Wildman–Crippen LogP) is 1.58. The van der Waals surface area contributed by atoms with Crippen LogP contribution in [-0.4, -0.2) is 109 Å². The lowest BCUT2D eigenvalue weighted by Gasteiger charge is -2.36. The first kappa shape index (κ1) is 23.6. The van der Waals surface area contributed by atoms with Crippen molar-refractivity contribution >= 4 is 18.0 Å². The van der Waals surface area contributed by atoms with Crippen molar-refractivity contribution in [2.45, 2.75) is 52.1 Å². The highest BCUT2D eigenvalue weighted by Gasteiger charge is 2.30. The topological polar surface area (TPSA) is 85.4 Å². The number of piperazine rings is 1. The lowest BCUT2D eigenvalue weighted by Crippen LogP contribution is -2.51. The predicted molar refractivity (Wildman–Crippen MR) is 118 cm³/mol. The van der Waals surface area contributed by atoms with E-state index in [0.717, 1.165) is 58.4 Å². The quantitative estimate of drug-likeness (QED) is 0.722. The van der Waals surface area contributed by atoms with E-state index in [1.165, 1.54) is 0 Å². The third-order valence-corrected chi connectivity index (χ3v) is 6.26. The molecule has 0 aromatic carbocycles. The van der Waals surface area contributed by atoms with E-state index in [1.54, 1.807) is 4.90 Å². The summed E-state index contributed by atoms with van der Waals surface area (Å²) >= 11 is 0. The van der Waals surface area contributed by atoms with Crippen molar-refractivity contribution < 1.29 is 19.1 Å². The van der Waals surface area contributed by atoms with Crippen LogP contribution in [0, 0.1) is 5.92 Å². The summed E-state index contributed by atoms with van der Waals surface area (Å²) < 4.78 is 5.43. The molecule has 3 aliphatic heterocycles. The highest BCUT2D eigenvalue weighted by Crippen LogP contribution is 2.20. The van der Waals surface area contributed by atoms with E-state index in [1.807, 2.05) is 30.6 Å². The summed E-state index contributed by atoms with van der Waals surface area (Å²) in [6.07, 6.45) is 3.41. The normalized spacial score (nSPS) is 21.3. The molecule has 0 spiro atoms. The van der Waals surface area contributed by atoms with E-state index in [-0.39, 0.29) is 23.9 Å². The fourth-order valence-electron chi connectivity index (χ4n) is 4.40. The highest BCUT2D eigenvalue weighted by atomic mass is 16.6. The highest BCUT2D eigenvalue weighted by molar-refractivity contribution is 5.79. The summed E-state index contributed by atoms with van der Waals surface area (Å²) in [7, 11) is 0. The van der Waals surface area contributed by atoms with Gasteiger partial charge in [0.1, 0.15) is 5.60 Å². The number of amides is 4. The van der Waals surface area contributed by atoms with Gasteiger partial charge in [0.2, 0.25) is 5.91 Å². The maximum absolute atomic E-state index is 12.5. The van der Waals surface area contributed by atoms with Crippen molar-refractivity contribution in [1.82, 2.24) is 24.9 Å². The zero-order valence-electron chi connectivity index (χ0n) is 19.4. The fraction of sp³-hybridized carbons (Fsp3) is 0.864. The first-order valence-electron chi connectivity index (χ1n) is 11.7. The van der Waals surface area contributed by atoms with Gasteiger partial charge < -0.3 is 24.8 Å². The third-order valence-electron chi connectivity index (χ3n) is 6.26. The molecule has 0 aromatic heterocycles. The minimum atomic E-state index is -0.476. The Morgan fingerprint density at radius 1 is 0.839 bits per heavy atom. The largest absolute Gasteiger partial charge is 0.444 e. The van der Waals surface area contributed by atoms with Gasteiger partial charge in [0.25, 0.3) is 0 Å². The Labute approximate surface area is 186 Å². The number of piperidine rings is 1. The van der Waals surface area contributed by atoms with E-state index in [0.29, 0.717) is 32.7 Å². The van der Waals surface area contributed by atoms with Crippen LogP contribution < -0.4 is 5.32 Å². The molecule has 176 valence electrons. The second kappa shape index (κ2) is 10.5. The zero-order valence-corrected chi connectivity index (χ0v) is 19.4. The summed E-state index contributed by atoms with van der Waals surface area (Å²) in [5, 5.41) is 3.06. The minimum Gasteiger partial charge on any atom is -0.444 e. The van der Waals surface area contributed by atoms with Crippen LogP contribution in [0.4, 0.5) is 9.59 Å². The van der Waals surface area contributed by atoms with Gasteiger partial charge in [-0.2, -0.15) is 0 Å². The molecule has 0 unspecified atom stereocenters. The second-order valence-electron chi connectivity index (χ2n) is 9.84. The number of rotatable bonds is 4. The summed E-state index contributed by atoms with van der Waals surface area (Å²) in [6, 6.07) is 0.141. The van der Waals surface area contributed by atoms with Crippen LogP contribution in [-0.2, 0) is 9.53 Å². The number of carbonyl (C=O) groups is 3. The number of hydrogen-bond acceptors (Lipinski definition) is 5. The molecule has 3 fully saturated rings. The first-order valence-corrected chi connectivity index (χ1v) is 11.7. The van der Waals surface area contributed by atoms with Crippen molar-refractivity contribution in [3.05, 3.63) is 0 Å². The van der Waals surface area contributed by atoms with Crippen molar-refractivity contribution in [2.24, 2.45) is 5.92 Å². The first-order chi connectivity index (χ1) is 14.7. The van der Waals surface area contributed by atoms with E-state index in [2.05, 4.69) is 10.2 Å². The molecule has 1 N–H and O–H groups in total. The SMILES string of the molecule is CC(C)(C)OC(=O)N1CCN(CCNC(=O)C2CCN(C(=O)N3CCCC3)CC2)CC1. The molecule has 0 aromatic rings. The van der Waals surface area contributed by atoms with Gasteiger partial charge in [0, 0.05) is 71.4 Å². The number of likely N-dealkylation sites (tertiary alicyclic amines) is 2. The van der Waals surface area contributed by atoms with E-state index < -0.39 is 5.60 Å². The molecule has 31 heavy (non-hydrogen) atoms. The average Bonchev–Trinajstić information content (AvgIpc) is 3.27. The smallest absolute Gasteiger partial charge is 0.410 e. The van der Waals surface area contributed by atoms with Crippen LogP contribution in [0.15, 0.2) is 0 Å². The summed E-state index contributed by atoms with van der Waals surface area (Å²) in [4.78, 5) is 45.0. The number of urea groups is 1. The van der Waals surface area contributed by atoms with Gasteiger partial charge in [0.05, 0.1) is 0 Å². The van der Waals surface area contributed by atoms with Crippen molar-refractivity contribution in [2.75, 3.05) is 65.4 Å². The molecule has 3 saturated heterocycles. The van der Waals surface area contributed by atoms with Gasteiger partial charge in [0.15, 0.2) is 0 Å². The number of nitrogens with one attached hydrogen (secondary N) is 1. The summed E-state index contributed by atoms with van der Waals surface area (Å²) in [5.74, 6) is 0.0901. The van der Waals surface area contributed by atoms with Gasteiger partial charge in [-0.1, -0.05) is 0 Å². The lowest BCUT2D eigenvalue weighted by atomic mass is 9.96. The van der Waals surface area contributed by atoms with Crippen LogP contribution in [0.2, 0.25) is 0 Å². The maximum Gasteiger partial charge on any atom is 0.410 e. The third kappa shape index (κ3) is 6.98. The van der Waals surface area contributed by atoms with Crippen LogP contribution in [0.25, 0.3) is 0 Å².